The summed E-state index contributed by atoms with van der Waals surface area (Å²) in [6, 6.07) is 6.59. The Morgan fingerprint density at radius 1 is 1.29 bits per heavy atom. The highest BCUT2D eigenvalue weighted by atomic mass is 79.9. The number of hydrogen-bond acceptors (Lipinski definition) is 4. The minimum atomic E-state index is -0.270. The first-order valence-corrected chi connectivity index (χ1v) is 5.59. The van der Waals surface area contributed by atoms with Crippen molar-refractivity contribution in [3.63, 3.8) is 0 Å². The number of nitrogens with one attached hydrogen (secondary N) is 1. The van der Waals surface area contributed by atoms with Crippen LogP contribution in [0.1, 0.15) is 10.4 Å². The highest BCUT2D eigenvalue weighted by Crippen LogP contribution is 2.12. The Hall–Kier alpha value is -1.95. The van der Waals surface area contributed by atoms with Gasteiger partial charge < -0.3 is 11.1 Å². The third kappa shape index (κ3) is 3.01. The summed E-state index contributed by atoms with van der Waals surface area (Å²) in [4.78, 5) is 19.7. The van der Waals surface area contributed by atoms with Gasteiger partial charge in [0.25, 0.3) is 5.91 Å². The number of amides is 1. The number of pyridine rings is 2. The van der Waals surface area contributed by atoms with E-state index in [1.54, 1.807) is 24.4 Å². The maximum Gasteiger partial charge on any atom is 0.257 e. The van der Waals surface area contributed by atoms with Crippen LogP contribution >= 0.6 is 15.9 Å². The van der Waals surface area contributed by atoms with Crippen molar-refractivity contribution in [2.24, 2.45) is 0 Å². The molecule has 0 aromatic carbocycles. The molecule has 0 aliphatic rings. The highest BCUT2D eigenvalue weighted by molar-refractivity contribution is 9.10. The van der Waals surface area contributed by atoms with Crippen LogP contribution in [0.5, 0.6) is 0 Å². The summed E-state index contributed by atoms with van der Waals surface area (Å²) in [5.74, 6) is 0.518. The van der Waals surface area contributed by atoms with E-state index in [4.69, 9.17) is 5.73 Å². The van der Waals surface area contributed by atoms with E-state index >= 15 is 0 Å². The third-order valence-corrected chi connectivity index (χ3v) is 2.48. The summed E-state index contributed by atoms with van der Waals surface area (Å²) in [7, 11) is 0. The van der Waals surface area contributed by atoms with E-state index in [0.717, 1.165) is 4.47 Å². The van der Waals surface area contributed by atoms with Gasteiger partial charge in [-0.1, -0.05) is 0 Å². The summed E-state index contributed by atoms with van der Waals surface area (Å²) >= 11 is 3.27. The summed E-state index contributed by atoms with van der Waals surface area (Å²) in [6.07, 6.45) is 3.09. The molecular formula is C11H9BrN4O. The minimum Gasteiger partial charge on any atom is -0.384 e. The molecule has 2 aromatic rings. The maximum atomic E-state index is 11.8. The van der Waals surface area contributed by atoms with Crippen molar-refractivity contribution in [1.29, 1.82) is 0 Å². The van der Waals surface area contributed by atoms with Crippen LogP contribution in [0.25, 0.3) is 0 Å². The van der Waals surface area contributed by atoms with Crippen molar-refractivity contribution in [1.82, 2.24) is 9.97 Å². The normalized spacial score (nSPS) is 9.94. The van der Waals surface area contributed by atoms with Gasteiger partial charge in [0.2, 0.25) is 0 Å². The van der Waals surface area contributed by atoms with Gasteiger partial charge in [0.05, 0.1) is 0 Å². The van der Waals surface area contributed by atoms with Gasteiger partial charge in [-0.3, -0.25) is 4.79 Å². The van der Waals surface area contributed by atoms with Gasteiger partial charge in [-0.25, -0.2) is 9.97 Å². The van der Waals surface area contributed by atoms with Crippen LogP contribution in [0.2, 0.25) is 0 Å². The lowest BCUT2D eigenvalue weighted by atomic mass is 10.2. The molecule has 86 valence electrons. The molecule has 0 unspecified atom stereocenters. The lowest BCUT2D eigenvalue weighted by Gasteiger charge is -2.04. The van der Waals surface area contributed by atoms with Gasteiger partial charge in [0.15, 0.2) is 0 Å². The molecule has 0 bridgehead atoms. The Morgan fingerprint density at radius 2 is 2.12 bits per heavy atom. The number of nitrogens with two attached hydrogens (primary N) is 1. The van der Waals surface area contributed by atoms with E-state index in [-0.39, 0.29) is 5.91 Å². The number of hydrogen-bond donors (Lipinski definition) is 2. The van der Waals surface area contributed by atoms with E-state index in [1.807, 2.05) is 0 Å². The molecule has 2 rings (SSSR count). The number of nitrogen functional groups attached to an aromatic ring is 1. The van der Waals surface area contributed by atoms with Crippen molar-refractivity contribution in [3.8, 4) is 0 Å². The molecule has 0 aliphatic carbocycles. The molecule has 0 atom stereocenters. The molecule has 1 amide bonds. The van der Waals surface area contributed by atoms with Crippen LogP contribution in [-0.2, 0) is 0 Å². The Morgan fingerprint density at radius 3 is 2.76 bits per heavy atom. The fourth-order valence-corrected chi connectivity index (χ4v) is 1.46. The Bertz CT molecular complexity index is 541. The molecule has 6 heteroatoms. The van der Waals surface area contributed by atoms with Crippen LogP contribution in [0.15, 0.2) is 41.1 Å². The van der Waals surface area contributed by atoms with E-state index in [1.165, 1.54) is 12.3 Å². The monoisotopic (exact) mass is 292 g/mol. The van der Waals surface area contributed by atoms with Crippen molar-refractivity contribution in [2.45, 2.75) is 0 Å². The van der Waals surface area contributed by atoms with Crippen LogP contribution in [0.4, 0.5) is 11.6 Å². The largest absolute Gasteiger partial charge is 0.384 e. The number of carbonyl (C=O) groups excluding carboxylic acids is 1. The molecule has 0 radical (unpaired) electrons. The summed E-state index contributed by atoms with van der Waals surface area (Å²) in [5.41, 5.74) is 5.94. The first-order chi connectivity index (χ1) is 8.15. The Kier molecular flexibility index (Phi) is 3.34. The van der Waals surface area contributed by atoms with E-state index < -0.39 is 0 Å². The fraction of sp³-hybridized carbons (Fsp3) is 0. The summed E-state index contributed by atoms with van der Waals surface area (Å²) in [5, 5.41) is 2.66. The second kappa shape index (κ2) is 4.92. The number of halogens is 1. The predicted molar refractivity (Wildman–Crippen MR) is 68.5 cm³/mol. The van der Waals surface area contributed by atoms with Gasteiger partial charge in [0, 0.05) is 22.4 Å². The molecule has 0 saturated heterocycles. The van der Waals surface area contributed by atoms with Crippen molar-refractivity contribution in [2.75, 3.05) is 11.1 Å². The first-order valence-electron chi connectivity index (χ1n) is 4.79. The van der Waals surface area contributed by atoms with Gasteiger partial charge >= 0.3 is 0 Å². The number of aromatic nitrogens is 2. The Labute approximate surface area is 106 Å². The molecule has 5 nitrogen and oxygen atoms in total. The van der Waals surface area contributed by atoms with Gasteiger partial charge in [-0.05, 0) is 40.2 Å². The van der Waals surface area contributed by atoms with Crippen molar-refractivity contribution < 1.29 is 4.79 Å². The van der Waals surface area contributed by atoms with E-state index in [0.29, 0.717) is 17.2 Å². The molecular weight excluding hydrogens is 284 g/mol. The number of anilines is 2. The lowest BCUT2D eigenvalue weighted by molar-refractivity contribution is 0.102. The zero-order valence-corrected chi connectivity index (χ0v) is 10.3. The Balaban J connectivity index is 2.14. The van der Waals surface area contributed by atoms with Gasteiger partial charge in [-0.15, -0.1) is 0 Å². The van der Waals surface area contributed by atoms with Crippen LogP contribution in [0, 0.1) is 0 Å². The lowest BCUT2D eigenvalue weighted by Crippen LogP contribution is -2.13. The second-order valence-corrected chi connectivity index (χ2v) is 4.20. The number of rotatable bonds is 2. The minimum absolute atomic E-state index is 0.270. The standard InChI is InChI=1S/C11H9BrN4O/c12-8-1-2-10(15-6-8)16-11(17)7-3-4-14-9(13)5-7/h1-6H,(H2,13,14)(H,15,16,17). The first kappa shape index (κ1) is 11.5. The van der Waals surface area contributed by atoms with Crippen molar-refractivity contribution >= 4 is 33.5 Å². The number of carbonyl (C=O) groups is 1. The van der Waals surface area contributed by atoms with Crippen LogP contribution in [-0.4, -0.2) is 15.9 Å². The smallest absolute Gasteiger partial charge is 0.257 e. The molecule has 17 heavy (non-hydrogen) atoms. The zero-order valence-electron chi connectivity index (χ0n) is 8.72. The molecule has 2 heterocycles. The predicted octanol–water partition coefficient (Wildman–Crippen LogP) is 2.07. The van der Waals surface area contributed by atoms with E-state index in [9.17, 15) is 4.79 Å². The third-order valence-electron chi connectivity index (χ3n) is 2.01. The number of nitrogens with zero attached hydrogens (tertiary/aromatic N) is 2. The highest BCUT2D eigenvalue weighted by Gasteiger charge is 2.06. The molecule has 0 fully saturated rings. The average Bonchev–Trinajstić information content (AvgIpc) is 2.32. The topological polar surface area (TPSA) is 80.9 Å². The fourth-order valence-electron chi connectivity index (χ4n) is 1.23. The molecule has 0 saturated carbocycles. The van der Waals surface area contributed by atoms with Gasteiger partial charge in [-0.2, -0.15) is 0 Å². The summed E-state index contributed by atoms with van der Waals surface area (Å²) < 4.78 is 0.851. The maximum absolute atomic E-state index is 11.8. The SMILES string of the molecule is Nc1cc(C(=O)Nc2ccc(Br)cn2)ccn1. The van der Waals surface area contributed by atoms with Crippen molar-refractivity contribution in [3.05, 3.63) is 46.7 Å². The summed E-state index contributed by atoms with van der Waals surface area (Å²) in [6.45, 7) is 0. The second-order valence-electron chi connectivity index (χ2n) is 3.29. The van der Waals surface area contributed by atoms with Crippen LogP contribution < -0.4 is 11.1 Å². The van der Waals surface area contributed by atoms with E-state index in [2.05, 4.69) is 31.2 Å². The molecule has 2 aromatic heterocycles. The zero-order chi connectivity index (χ0) is 12.3. The molecule has 0 spiro atoms. The van der Waals surface area contributed by atoms with Crippen LogP contribution in [0.3, 0.4) is 0 Å². The molecule has 3 N–H and O–H groups in total. The molecule has 0 aliphatic heterocycles. The van der Waals surface area contributed by atoms with Gasteiger partial charge in [0.1, 0.15) is 11.6 Å². The quantitative estimate of drug-likeness (QED) is 0.888. The average molecular weight is 293 g/mol.